The summed E-state index contributed by atoms with van der Waals surface area (Å²) in [6, 6.07) is 13.3. The molecule has 0 spiro atoms. The van der Waals surface area contributed by atoms with Crippen LogP contribution < -0.4 is 10.2 Å². The first-order chi connectivity index (χ1) is 15.8. The van der Waals surface area contributed by atoms with Crippen LogP contribution in [0.3, 0.4) is 0 Å². The van der Waals surface area contributed by atoms with Gasteiger partial charge in [0.05, 0.1) is 23.5 Å². The summed E-state index contributed by atoms with van der Waals surface area (Å²) < 4.78 is 35.7. The summed E-state index contributed by atoms with van der Waals surface area (Å²) >= 11 is 0. The smallest absolute Gasteiger partial charge is 0.290 e. The van der Waals surface area contributed by atoms with E-state index >= 15 is 0 Å². The predicted octanol–water partition coefficient (Wildman–Crippen LogP) is 3.72. The zero-order valence-electron chi connectivity index (χ0n) is 18.7. The Kier molecular flexibility index (Phi) is 6.56. The summed E-state index contributed by atoms with van der Waals surface area (Å²) in [5.41, 5.74) is 1.76. The molecule has 2 aromatic carbocycles. The van der Waals surface area contributed by atoms with Crippen molar-refractivity contribution in [3.05, 3.63) is 75.6 Å². The van der Waals surface area contributed by atoms with Crippen molar-refractivity contribution in [2.45, 2.75) is 39.3 Å². The number of fused-ring (bicyclic) bond motifs is 1. The number of hydrogen-bond acceptors (Lipinski definition) is 6. The lowest BCUT2D eigenvalue weighted by atomic mass is 10.1. The molecule has 0 bridgehead atoms. The molecule has 3 aromatic rings. The number of aryl methyl sites for hydroxylation is 1. The van der Waals surface area contributed by atoms with Gasteiger partial charge in [-0.15, -0.1) is 0 Å². The minimum absolute atomic E-state index is 0.0339. The highest BCUT2D eigenvalue weighted by Gasteiger charge is 2.36. The Balaban J connectivity index is 1.66. The Morgan fingerprint density at radius 2 is 1.91 bits per heavy atom. The molecule has 1 atom stereocenters. The Bertz CT molecular complexity index is 1330. The first-order valence-electron chi connectivity index (χ1n) is 11.0. The molecule has 7 nitrogen and oxygen atoms in total. The topological polar surface area (TPSA) is 93.9 Å². The Hall–Kier alpha value is -3.13. The largest absolute Gasteiger partial charge is 0.494 e. The maximum Gasteiger partial charge on any atom is 0.290 e. The van der Waals surface area contributed by atoms with Gasteiger partial charge in [0.2, 0.25) is 0 Å². The Labute approximate surface area is 192 Å². The van der Waals surface area contributed by atoms with Gasteiger partial charge in [-0.05, 0) is 49.6 Å². The van der Waals surface area contributed by atoms with E-state index in [-0.39, 0.29) is 29.2 Å². The van der Waals surface area contributed by atoms with Gasteiger partial charge < -0.3 is 14.1 Å². The van der Waals surface area contributed by atoms with E-state index in [0.29, 0.717) is 24.0 Å². The Morgan fingerprint density at radius 1 is 1.15 bits per heavy atom. The molecule has 33 heavy (non-hydrogen) atoms. The van der Waals surface area contributed by atoms with Gasteiger partial charge in [-0.3, -0.25) is 9.59 Å². The second kappa shape index (κ2) is 9.39. The van der Waals surface area contributed by atoms with Crippen LogP contribution >= 0.6 is 0 Å². The molecule has 4 rings (SSSR count). The van der Waals surface area contributed by atoms with Crippen molar-refractivity contribution in [1.82, 2.24) is 4.90 Å². The van der Waals surface area contributed by atoms with Crippen LogP contribution in [0.15, 0.2) is 57.7 Å². The molecule has 0 radical (unpaired) electrons. The van der Waals surface area contributed by atoms with Gasteiger partial charge in [0.25, 0.3) is 5.91 Å². The van der Waals surface area contributed by atoms with Crippen molar-refractivity contribution in [3.63, 3.8) is 0 Å². The monoisotopic (exact) mass is 469 g/mol. The first kappa shape index (κ1) is 23.0. The fourth-order valence-electron chi connectivity index (χ4n) is 4.01. The zero-order chi connectivity index (χ0) is 23.6. The highest BCUT2D eigenvalue weighted by Crippen LogP contribution is 2.24. The van der Waals surface area contributed by atoms with E-state index in [1.165, 1.54) is 11.0 Å². The van der Waals surface area contributed by atoms with E-state index in [9.17, 15) is 18.0 Å². The molecule has 1 aliphatic rings. The molecule has 0 saturated carbocycles. The number of rotatable bonds is 7. The molecule has 2 heterocycles. The van der Waals surface area contributed by atoms with Crippen molar-refractivity contribution >= 4 is 26.7 Å². The predicted molar refractivity (Wildman–Crippen MR) is 126 cm³/mol. The van der Waals surface area contributed by atoms with Crippen molar-refractivity contribution in [2.24, 2.45) is 0 Å². The molecule has 8 heteroatoms. The lowest BCUT2D eigenvalue weighted by Gasteiger charge is -2.28. The number of nitrogens with zero attached hydrogens (tertiary/aromatic N) is 1. The lowest BCUT2D eigenvalue weighted by molar-refractivity contribution is 0.0648. The molecular formula is C25H27NO6S. The molecule has 1 aliphatic heterocycles. The third-order valence-corrected chi connectivity index (χ3v) is 7.50. The second-order valence-electron chi connectivity index (χ2n) is 8.46. The molecule has 1 amide bonds. The summed E-state index contributed by atoms with van der Waals surface area (Å²) in [6.07, 6.45) is 1.25. The third-order valence-electron chi connectivity index (χ3n) is 5.75. The molecule has 1 fully saturated rings. The van der Waals surface area contributed by atoms with Gasteiger partial charge in [-0.25, -0.2) is 8.42 Å². The Morgan fingerprint density at radius 3 is 2.58 bits per heavy atom. The van der Waals surface area contributed by atoms with E-state index in [4.69, 9.17) is 9.15 Å². The van der Waals surface area contributed by atoms with E-state index in [0.717, 1.165) is 23.3 Å². The van der Waals surface area contributed by atoms with Gasteiger partial charge in [0.15, 0.2) is 21.0 Å². The third kappa shape index (κ3) is 5.27. The number of sulfone groups is 1. The van der Waals surface area contributed by atoms with Gasteiger partial charge in [-0.1, -0.05) is 30.7 Å². The van der Waals surface area contributed by atoms with E-state index in [1.54, 1.807) is 12.1 Å². The maximum absolute atomic E-state index is 13.5. The van der Waals surface area contributed by atoms with Crippen LogP contribution in [-0.2, 0) is 16.4 Å². The fourth-order valence-corrected chi connectivity index (χ4v) is 5.74. The maximum atomic E-state index is 13.5. The second-order valence-corrected chi connectivity index (χ2v) is 10.7. The summed E-state index contributed by atoms with van der Waals surface area (Å²) in [5.74, 6) is 0.0730. The number of ether oxygens (including phenoxy) is 1. The molecule has 174 valence electrons. The SMILES string of the molecule is CCCOc1ccc(CN(C(=O)c2cc(=O)c3cc(C)ccc3o2)C2CCS(=O)(=O)C2)cc1. The van der Waals surface area contributed by atoms with Crippen molar-refractivity contribution in [2.75, 3.05) is 18.1 Å². The summed E-state index contributed by atoms with van der Waals surface area (Å²) in [4.78, 5) is 27.6. The average Bonchev–Trinajstić information content (AvgIpc) is 3.16. The van der Waals surface area contributed by atoms with E-state index in [2.05, 4.69) is 0 Å². The van der Waals surface area contributed by atoms with Crippen molar-refractivity contribution in [3.8, 4) is 5.75 Å². The number of carbonyl (C=O) groups excluding carboxylic acids is 1. The molecular weight excluding hydrogens is 442 g/mol. The van der Waals surface area contributed by atoms with Gasteiger partial charge in [-0.2, -0.15) is 0 Å². The average molecular weight is 470 g/mol. The lowest BCUT2D eigenvalue weighted by Crippen LogP contribution is -2.40. The van der Waals surface area contributed by atoms with Crippen LogP contribution in [0.25, 0.3) is 11.0 Å². The summed E-state index contributed by atoms with van der Waals surface area (Å²) in [7, 11) is -3.22. The highest BCUT2D eigenvalue weighted by atomic mass is 32.2. The fraction of sp³-hybridized carbons (Fsp3) is 0.360. The minimum atomic E-state index is -3.22. The van der Waals surface area contributed by atoms with Crippen molar-refractivity contribution in [1.29, 1.82) is 0 Å². The van der Waals surface area contributed by atoms with Crippen LogP contribution in [0, 0.1) is 6.92 Å². The van der Waals surface area contributed by atoms with Gasteiger partial charge in [0.1, 0.15) is 11.3 Å². The number of carbonyl (C=O) groups is 1. The van der Waals surface area contributed by atoms with Crippen LogP contribution in [0.5, 0.6) is 5.75 Å². The first-order valence-corrected chi connectivity index (χ1v) is 12.9. The minimum Gasteiger partial charge on any atom is -0.494 e. The molecule has 1 saturated heterocycles. The molecule has 1 aromatic heterocycles. The van der Waals surface area contributed by atoms with Gasteiger partial charge >= 0.3 is 0 Å². The molecule has 1 unspecified atom stereocenters. The highest BCUT2D eigenvalue weighted by molar-refractivity contribution is 7.91. The standard InChI is InChI=1S/C25H27NO6S/c1-3-11-31-20-7-5-18(6-8-20)15-26(19-10-12-33(29,30)16-19)25(28)24-14-22(27)21-13-17(2)4-9-23(21)32-24/h4-9,13-14,19H,3,10-12,15-16H2,1-2H3. The van der Waals surface area contributed by atoms with Gasteiger partial charge in [0, 0.05) is 18.7 Å². The zero-order valence-corrected chi connectivity index (χ0v) is 19.6. The van der Waals surface area contributed by atoms with Crippen LogP contribution in [0.4, 0.5) is 0 Å². The number of hydrogen-bond donors (Lipinski definition) is 0. The number of benzene rings is 2. The summed E-state index contributed by atoms with van der Waals surface area (Å²) in [6.45, 7) is 4.71. The molecule has 0 aliphatic carbocycles. The van der Waals surface area contributed by atoms with Crippen molar-refractivity contribution < 1.29 is 22.4 Å². The van der Waals surface area contributed by atoms with E-state index < -0.39 is 21.8 Å². The van der Waals surface area contributed by atoms with Crippen LogP contribution in [0.1, 0.15) is 41.4 Å². The number of amides is 1. The van der Waals surface area contributed by atoms with Crippen LogP contribution in [0.2, 0.25) is 0 Å². The van der Waals surface area contributed by atoms with E-state index in [1.807, 2.05) is 44.2 Å². The molecule has 0 N–H and O–H groups in total. The normalized spacial score (nSPS) is 17.2. The summed E-state index contributed by atoms with van der Waals surface area (Å²) in [5, 5.41) is 0.407. The van der Waals surface area contributed by atoms with Crippen LogP contribution in [-0.4, -0.2) is 43.4 Å². The quantitative estimate of drug-likeness (QED) is 0.524.